The molecule has 0 aliphatic rings. The zero-order valence-corrected chi connectivity index (χ0v) is 16.1. The molecule has 1 N–H and O–H groups in total. The molecular formula is C15H16Cl2N2O3S2. The van der Waals surface area contributed by atoms with Gasteiger partial charge in [-0.3, -0.25) is 4.79 Å². The average Bonchev–Trinajstić information content (AvgIpc) is 2.95. The Balaban J connectivity index is 1.99. The third kappa shape index (κ3) is 4.70. The van der Waals surface area contributed by atoms with Gasteiger partial charge in [-0.05, 0) is 36.8 Å². The fraction of sp³-hybridized carbons (Fsp3) is 0.267. The fourth-order valence-corrected chi connectivity index (χ4v) is 4.95. The van der Waals surface area contributed by atoms with Crippen LogP contribution in [0.25, 0.3) is 0 Å². The van der Waals surface area contributed by atoms with Gasteiger partial charge in [0.15, 0.2) is 0 Å². The average molecular weight is 407 g/mol. The Bertz CT molecular complexity index is 819. The first-order valence-electron chi connectivity index (χ1n) is 6.96. The Labute approximate surface area is 155 Å². The lowest BCUT2D eigenvalue weighted by Gasteiger charge is -2.18. The first-order valence-corrected chi connectivity index (χ1v) is 9.98. The van der Waals surface area contributed by atoms with Crippen molar-refractivity contribution < 1.29 is 13.2 Å². The number of sulfonamides is 1. The first-order chi connectivity index (χ1) is 11.2. The van der Waals surface area contributed by atoms with E-state index in [1.165, 1.54) is 19.2 Å². The molecule has 2 aromatic rings. The second-order valence-corrected chi connectivity index (χ2v) is 9.58. The summed E-state index contributed by atoms with van der Waals surface area (Å²) in [4.78, 5) is 12.1. The van der Waals surface area contributed by atoms with E-state index in [1.807, 2.05) is 6.92 Å². The van der Waals surface area contributed by atoms with Crippen molar-refractivity contribution in [1.82, 2.24) is 9.62 Å². The monoisotopic (exact) mass is 406 g/mol. The number of nitrogens with one attached hydrogen (secondary N) is 1. The van der Waals surface area contributed by atoms with Crippen LogP contribution < -0.4 is 5.32 Å². The van der Waals surface area contributed by atoms with Gasteiger partial charge in [0.2, 0.25) is 5.91 Å². The third-order valence-corrected chi connectivity index (χ3v) is 7.08. The molecule has 2 rings (SSSR count). The van der Waals surface area contributed by atoms with E-state index >= 15 is 0 Å². The van der Waals surface area contributed by atoms with Gasteiger partial charge >= 0.3 is 0 Å². The van der Waals surface area contributed by atoms with E-state index in [2.05, 4.69) is 5.32 Å². The van der Waals surface area contributed by atoms with E-state index < -0.39 is 15.9 Å². The van der Waals surface area contributed by atoms with Crippen LogP contribution in [0.5, 0.6) is 0 Å². The van der Waals surface area contributed by atoms with Gasteiger partial charge in [0, 0.05) is 12.1 Å². The molecule has 9 heteroatoms. The number of hydrogen-bond donors (Lipinski definition) is 1. The summed E-state index contributed by atoms with van der Waals surface area (Å²) in [7, 11) is -2.37. The predicted octanol–water partition coefficient (Wildman–Crippen LogP) is 3.55. The van der Waals surface area contributed by atoms with Crippen molar-refractivity contribution in [3.63, 3.8) is 0 Å². The molecule has 1 amide bonds. The van der Waals surface area contributed by atoms with Crippen LogP contribution in [0.15, 0.2) is 40.6 Å². The maximum atomic E-state index is 12.4. The first kappa shape index (κ1) is 19.2. The number of carbonyl (C=O) groups excluding carboxylic acids is 1. The van der Waals surface area contributed by atoms with E-state index in [0.29, 0.717) is 9.36 Å². The van der Waals surface area contributed by atoms with Gasteiger partial charge in [-0.15, -0.1) is 11.3 Å². The molecule has 0 saturated heterocycles. The van der Waals surface area contributed by atoms with E-state index in [-0.39, 0.29) is 16.8 Å². The lowest BCUT2D eigenvalue weighted by atomic mass is 10.1. The molecule has 130 valence electrons. The second-order valence-electron chi connectivity index (χ2n) is 5.16. The molecule has 1 aromatic carbocycles. The van der Waals surface area contributed by atoms with Crippen molar-refractivity contribution >= 4 is 50.5 Å². The van der Waals surface area contributed by atoms with Crippen LogP contribution in [0.3, 0.4) is 0 Å². The zero-order chi connectivity index (χ0) is 17.9. The number of likely N-dealkylation sites (N-methyl/N-ethyl adjacent to an activating group) is 1. The van der Waals surface area contributed by atoms with Gasteiger partial charge in [0.1, 0.15) is 4.21 Å². The van der Waals surface area contributed by atoms with Crippen LogP contribution in [0.4, 0.5) is 0 Å². The van der Waals surface area contributed by atoms with E-state index in [1.54, 1.807) is 24.3 Å². The smallest absolute Gasteiger partial charge is 0.252 e. The van der Waals surface area contributed by atoms with E-state index in [4.69, 9.17) is 23.2 Å². The van der Waals surface area contributed by atoms with Crippen LogP contribution in [-0.2, 0) is 14.8 Å². The number of benzene rings is 1. The molecule has 0 fully saturated rings. The van der Waals surface area contributed by atoms with Gasteiger partial charge in [-0.2, -0.15) is 4.31 Å². The fourth-order valence-electron chi connectivity index (χ4n) is 2.00. The van der Waals surface area contributed by atoms with Crippen LogP contribution in [0, 0.1) is 0 Å². The largest absolute Gasteiger partial charge is 0.348 e. The highest BCUT2D eigenvalue weighted by Gasteiger charge is 2.25. The molecule has 0 radical (unpaired) electrons. The van der Waals surface area contributed by atoms with Crippen molar-refractivity contribution in [2.75, 3.05) is 13.6 Å². The Hall–Kier alpha value is -1.12. The summed E-state index contributed by atoms with van der Waals surface area (Å²) < 4.78 is 26.2. The SMILES string of the molecule is CC(NC(=O)CN(C)S(=O)(=O)c1ccc(Cl)s1)c1ccc(Cl)cc1. The summed E-state index contributed by atoms with van der Waals surface area (Å²) in [5, 5.41) is 3.37. The highest BCUT2D eigenvalue weighted by atomic mass is 35.5. The molecule has 1 atom stereocenters. The topological polar surface area (TPSA) is 66.5 Å². The number of thiophene rings is 1. The standard InChI is InChI=1S/C15H16Cl2N2O3S2/c1-10(11-3-5-12(16)6-4-11)18-14(20)9-19(2)24(21,22)15-8-7-13(17)23-15/h3-8,10H,9H2,1-2H3,(H,18,20). The zero-order valence-electron chi connectivity index (χ0n) is 13.0. The summed E-state index contributed by atoms with van der Waals surface area (Å²) >= 11 is 12.6. The highest BCUT2D eigenvalue weighted by Crippen LogP contribution is 2.27. The number of amides is 1. The maximum Gasteiger partial charge on any atom is 0.252 e. The maximum absolute atomic E-state index is 12.4. The van der Waals surface area contributed by atoms with Crippen LogP contribution in [0.2, 0.25) is 9.36 Å². The number of hydrogen-bond acceptors (Lipinski definition) is 4. The minimum absolute atomic E-state index is 0.105. The number of nitrogens with zero attached hydrogens (tertiary/aromatic N) is 1. The minimum atomic E-state index is -3.73. The Kier molecular flexibility index (Phi) is 6.28. The normalized spacial score (nSPS) is 13.0. The van der Waals surface area contributed by atoms with E-state index in [9.17, 15) is 13.2 Å². The van der Waals surface area contributed by atoms with Crippen molar-refractivity contribution in [3.8, 4) is 0 Å². The van der Waals surface area contributed by atoms with Crippen LogP contribution >= 0.6 is 34.5 Å². The molecule has 0 aliphatic heterocycles. The van der Waals surface area contributed by atoms with Gasteiger partial charge < -0.3 is 5.32 Å². The molecule has 1 heterocycles. The molecule has 0 aliphatic carbocycles. The quantitative estimate of drug-likeness (QED) is 0.797. The minimum Gasteiger partial charge on any atom is -0.348 e. The summed E-state index contributed by atoms with van der Waals surface area (Å²) in [6, 6.07) is 9.75. The molecule has 5 nitrogen and oxygen atoms in total. The summed E-state index contributed by atoms with van der Waals surface area (Å²) in [6.07, 6.45) is 0. The van der Waals surface area contributed by atoms with Gasteiger partial charge in [0.25, 0.3) is 10.0 Å². The van der Waals surface area contributed by atoms with Crippen LogP contribution in [-0.4, -0.2) is 32.2 Å². The molecule has 0 saturated carbocycles. The molecule has 1 unspecified atom stereocenters. The third-order valence-electron chi connectivity index (χ3n) is 3.33. The molecule has 0 bridgehead atoms. The van der Waals surface area contributed by atoms with Gasteiger partial charge in [-0.25, -0.2) is 8.42 Å². The summed E-state index contributed by atoms with van der Waals surface area (Å²) in [5.41, 5.74) is 0.878. The Morgan fingerprint density at radius 2 is 1.83 bits per heavy atom. The van der Waals surface area contributed by atoms with Crippen molar-refractivity contribution in [2.45, 2.75) is 17.2 Å². The lowest BCUT2D eigenvalue weighted by Crippen LogP contribution is -2.39. The van der Waals surface area contributed by atoms with Crippen molar-refractivity contribution in [3.05, 3.63) is 51.3 Å². The molecule has 1 aromatic heterocycles. The number of halogens is 2. The van der Waals surface area contributed by atoms with Crippen molar-refractivity contribution in [2.24, 2.45) is 0 Å². The second kappa shape index (κ2) is 7.84. The summed E-state index contributed by atoms with van der Waals surface area (Å²) in [6.45, 7) is 1.53. The molecule has 0 spiro atoms. The van der Waals surface area contributed by atoms with Crippen molar-refractivity contribution in [1.29, 1.82) is 0 Å². The number of rotatable bonds is 6. The Morgan fingerprint density at radius 1 is 1.21 bits per heavy atom. The Morgan fingerprint density at radius 3 is 2.38 bits per heavy atom. The lowest BCUT2D eigenvalue weighted by molar-refractivity contribution is -0.121. The predicted molar refractivity (Wildman–Crippen MR) is 97.2 cm³/mol. The molecular weight excluding hydrogens is 391 g/mol. The summed E-state index contributed by atoms with van der Waals surface area (Å²) in [5.74, 6) is -0.397. The van der Waals surface area contributed by atoms with Gasteiger partial charge in [-0.1, -0.05) is 35.3 Å². The van der Waals surface area contributed by atoms with E-state index in [0.717, 1.165) is 21.2 Å². The van der Waals surface area contributed by atoms with Crippen LogP contribution in [0.1, 0.15) is 18.5 Å². The highest BCUT2D eigenvalue weighted by molar-refractivity contribution is 7.91. The number of carbonyl (C=O) groups is 1. The van der Waals surface area contributed by atoms with Gasteiger partial charge in [0.05, 0.1) is 16.9 Å². The molecule has 24 heavy (non-hydrogen) atoms.